The van der Waals surface area contributed by atoms with Gasteiger partial charge in [-0.05, 0) is 24.6 Å². The Labute approximate surface area is 126 Å². The van der Waals surface area contributed by atoms with Gasteiger partial charge in [-0.3, -0.25) is 4.90 Å². The van der Waals surface area contributed by atoms with Crippen molar-refractivity contribution in [3.05, 3.63) is 29.3 Å². The average molecular weight is 294 g/mol. The van der Waals surface area contributed by atoms with Crippen LogP contribution in [-0.2, 0) is 17.8 Å². The van der Waals surface area contributed by atoms with E-state index in [9.17, 15) is 5.11 Å². The fraction of sp³-hybridized carbons (Fsp3) is 0.625. The number of aliphatic hydroxyl groups excluding tert-OH is 1. The molecule has 5 nitrogen and oxygen atoms in total. The lowest BCUT2D eigenvalue weighted by Gasteiger charge is -2.27. The molecule has 1 aromatic carbocycles. The topological polar surface area (TPSA) is 54.0 Å². The summed E-state index contributed by atoms with van der Waals surface area (Å²) in [4.78, 5) is 2.38. The Morgan fingerprint density at radius 3 is 2.81 bits per heavy atom. The van der Waals surface area contributed by atoms with Gasteiger partial charge in [0.2, 0.25) is 0 Å². The van der Waals surface area contributed by atoms with Gasteiger partial charge in [-0.25, -0.2) is 0 Å². The van der Waals surface area contributed by atoms with Gasteiger partial charge in [-0.15, -0.1) is 0 Å². The number of rotatable bonds is 7. The number of hydrogen-bond acceptors (Lipinski definition) is 5. The molecule has 2 N–H and O–H groups in total. The lowest BCUT2D eigenvalue weighted by Crippen LogP contribution is -2.35. The minimum Gasteiger partial charge on any atom is -0.496 e. The third kappa shape index (κ3) is 5.28. The Balaban J connectivity index is 1.99. The van der Waals surface area contributed by atoms with Crippen molar-refractivity contribution >= 4 is 0 Å². The van der Waals surface area contributed by atoms with Crippen molar-refractivity contribution in [1.29, 1.82) is 0 Å². The zero-order chi connectivity index (χ0) is 15.1. The molecule has 0 saturated carbocycles. The van der Waals surface area contributed by atoms with Crippen molar-refractivity contribution in [1.82, 2.24) is 10.2 Å². The minimum absolute atomic E-state index is 0.323. The number of hydrogen-bond donors (Lipinski definition) is 2. The predicted octanol–water partition coefficient (Wildman–Crippen LogP) is 0.998. The molecule has 1 fully saturated rings. The Morgan fingerprint density at radius 1 is 1.38 bits per heavy atom. The summed E-state index contributed by atoms with van der Waals surface area (Å²) in [5, 5.41) is 12.5. The van der Waals surface area contributed by atoms with E-state index in [0.717, 1.165) is 45.1 Å². The lowest BCUT2D eigenvalue weighted by molar-refractivity contribution is 0.0339. The fourth-order valence-corrected chi connectivity index (χ4v) is 2.49. The third-order valence-electron chi connectivity index (χ3n) is 3.61. The monoisotopic (exact) mass is 294 g/mol. The molecule has 0 amide bonds. The van der Waals surface area contributed by atoms with Crippen LogP contribution in [0.1, 0.15) is 18.1 Å². The Morgan fingerprint density at radius 2 is 2.14 bits per heavy atom. The predicted molar refractivity (Wildman–Crippen MR) is 82.5 cm³/mol. The zero-order valence-electron chi connectivity index (χ0n) is 13.0. The van der Waals surface area contributed by atoms with E-state index in [1.807, 2.05) is 6.07 Å². The third-order valence-corrected chi connectivity index (χ3v) is 3.61. The Bertz CT molecular complexity index is 432. The molecule has 1 saturated heterocycles. The first-order valence-corrected chi connectivity index (χ1v) is 7.53. The second-order valence-corrected chi connectivity index (χ2v) is 5.51. The summed E-state index contributed by atoms with van der Waals surface area (Å²) in [6, 6.07) is 6.27. The van der Waals surface area contributed by atoms with Gasteiger partial charge in [0, 0.05) is 38.3 Å². The zero-order valence-corrected chi connectivity index (χ0v) is 13.0. The molecule has 2 rings (SSSR count). The molecule has 1 unspecified atom stereocenters. The summed E-state index contributed by atoms with van der Waals surface area (Å²) < 4.78 is 10.9. The maximum absolute atomic E-state index is 9.28. The van der Waals surface area contributed by atoms with Gasteiger partial charge in [-0.2, -0.15) is 0 Å². The second-order valence-electron chi connectivity index (χ2n) is 5.51. The molecule has 21 heavy (non-hydrogen) atoms. The van der Waals surface area contributed by atoms with Crippen LogP contribution in [-0.4, -0.2) is 56.1 Å². The van der Waals surface area contributed by atoms with Crippen molar-refractivity contribution in [3.8, 4) is 5.75 Å². The number of aliphatic hydroxyl groups is 1. The summed E-state index contributed by atoms with van der Waals surface area (Å²) in [5.74, 6) is 0.931. The van der Waals surface area contributed by atoms with E-state index in [1.54, 1.807) is 14.0 Å². The molecule has 0 spiro atoms. The summed E-state index contributed by atoms with van der Waals surface area (Å²) in [6.07, 6.45) is -0.323. The lowest BCUT2D eigenvalue weighted by atomic mass is 10.1. The van der Waals surface area contributed by atoms with Crippen LogP contribution in [0.4, 0.5) is 0 Å². The van der Waals surface area contributed by atoms with Gasteiger partial charge in [0.1, 0.15) is 5.75 Å². The molecule has 0 bridgehead atoms. The van der Waals surface area contributed by atoms with Crippen molar-refractivity contribution in [2.45, 2.75) is 26.1 Å². The standard InChI is InChI=1S/C16H26N2O3/c1-13(19)10-17-11-14-3-4-16(20-2)15(9-14)12-18-5-7-21-8-6-18/h3-4,9,13,17,19H,5-8,10-12H2,1-2H3. The van der Waals surface area contributed by atoms with Crippen LogP contribution in [0.5, 0.6) is 5.75 Å². The first-order valence-electron chi connectivity index (χ1n) is 7.53. The van der Waals surface area contributed by atoms with Crippen molar-refractivity contribution in [2.24, 2.45) is 0 Å². The van der Waals surface area contributed by atoms with Crippen LogP contribution in [0.3, 0.4) is 0 Å². The second kappa shape index (κ2) is 8.34. The molecule has 1 aliphatic heterocycles. The molecule has 0 aromatic heterocycles. The highest BCUT2D eigenvalue weighted by molar-refractivity contribution is 5.37. The smallest absolute Gasteiger partial charge is 0.123 e. The van der Waals surface area contributed by atoms with Gasteiger partial charge in [0.25, 0.3) is 0 Å². The van der Waals surface area contributed by atoms with E-state index in [-0.39, 0.29) is 6.10 Å². The summed E-state index contributed by atoms with van der Waals surface area (Å²) in [6.45, 7) is 7.56. The van der Waals surface area contributed by atoms with Crippen molar-refractivity contribution in [2.75, 3.05) is 40.0 Å². The molecule has 118 valence electrons. The number of nitrogens with one attached hydrogen (secondary N) is 1. The molecule has 5 heteroatoms. The van der Waals surface area contributed by atoms with E-state index in [2.05, 4.69) is 22.3 Å². The van der Waals surface area contributed by atoms with Gasteiger partial charge < -0.3 is 19.9 Å². The number of benzene rings is 1. The number of methoxy groups -OCH3 is 1. The Hall–Kier alpha value is -1.14. The normalized spacial score (nSPS) is 17.7. The number of ether oxygens (including phenoxy) is 2. The summed E-state index contributed by atoms with van der Waals surface area (Å²) in [7, 11) is 1.71. The largest absolute Gasteiger partial charge is 0.496 e. The number of morpholine rings is 1. The number of nitrogens with zero attached hydrogens (tertiary/aromatic N) is 1. The van der Waals surface area contributed by atoms with Gasteiger partial charge in [0.15, 0.2) is 0 Å². The van der Waals surface area contributed by atoms with E-state index < -0.39 is 0 Å². The van der Waals surface area contributed by atoms with Crippen molar-refractivity contribution in [3.63, 3.8) is 0 Å². The molecule has 1 heterocycles. The summed E-state index contributed by atoms with van der Waals surface area (Å²) in [5.41, 5.74) is 2.41. The fourth-order valence-electron chi connectivity index (χ4n) is 2.49. The molecular weight excluding hydrogens is 268 g/mol. The highest BCUT2D eigenvalue weighted by Gasteiger charge is 2.13. The highest BCUT2D eigenvalue weighted by Crippen LogP contribution is 2.22. The maximum atomic E-state index is 9.28. The van der Waals surface area contributed by atoms with Crippen LogP contribution in [0.15, 0.2) is 18.2 Å². The van der Waals surface area contributed by atoms with Gasteiger partial charge >= 0.3 is 0 Å². The Kier molecular flexibility index (Phi) is 6.45. The van der Waals surface area contributed by atoms with E-state index in [1.165, 1.54) is 11.1 Å². The molecule has 1 aromatic rings. The minimum atomic E-state index is -0.323. The molecule has 0 aliphatic carbocycles. The average Bonchev–Trinajstić information content (AvgIpc) is 2.48. The van der Waals surface area contributed by atoms with E-state index in [4.69, 9.17) is 9.47 Å². The first-order chi connectivity index (χ1) is 10.2. The van der Waals surface area contributed by atoms with Crippen LogP contribution in [0.2, 0.25) is 0 Å². The van der Waals surface area contributed by atoms with E-state index >= 15 is 0 Å². The molecule has 1 aliphatic rings. The van der Waals surface area contributed by atoms with Gasteiger partial charge in [-0.1, -0.05) is 6.07 Å². The maximum Gasteiger partial charge on any atom is 0.123 e. The van der Waals surface area contributed by atoms with Crippen LogP contribution in [0, 0.1) is 0 Å². The quantitative estimate of drug-likeness (QED) is 0.786. The molecule has 0 radical (unpaired) electrons. The van der Waals surface area contributed by atoms with Crippen molar-refractivity contribution < 1.29 is 14.6 Å². The molecule has 1 atom stereocenters. The first kappa shape index (κ1) is 16.2. The highest BCUT2D eigenvalue weighted by atomic mass is 16.5. The van der Waals surface area contributed by atoms with E-state index in [0.29, 0.717) is 6.54 Å². The van der Waals surface area contributed by atoms with Crippen LogP contribution >= 0.6 is 0 Å². The van der Waals surface area contributed by atoms with Gasteiger partial charge in [0.05, 0.1) is 26.4 Å². The van der Waals surface area contributed by atoms with Crippen LogP contribution < -0.4 is 10.1 Å². The summed E-state index contributed by atoms with van der Waals surface area (Å²) >= 11 is 0. The molecular formula is C16H26N2O3. The van der Waals surface area contributed by atoms with Crippen LogP contribution in [0.25, 0.3) is 0 Å². The SMILES string of the molecule is COc1ccc(CNCC(C)O)cc1CN1CCOCC1.